The maximum Gasteiger partial charge on any atom is 0.240 e. The number of nitrogens with one attached hydrogen (secondary N) is 1. The monoisotopic (exact) mass is 406 g/mol. The van der Waals surface area contributed by atoms with Crippen molar-refractivity contribution in [2.24, 2.45) is 23.2 Å². The minimum atomic E-state index is -0.535. The van der Waals surface area contributed by atoms with E-state index in [9.17, 15) is 14.4 Å². The number of Topliss-reactive ketones (excluding diaryl/α,β-unsaturated/α-hetero) is 2. The molecule has 1 saturated heterocycles. The summed E-state index contributed by atoms with van der Waals surface area (Å²) in [6.45, 7) is 6.43. The topological polar surface area (TPSA) is 66.5 Å². The first kappa shape index (κ1) is 21.6. The molecule has 3 rings (SSSR count). The van der Waals surface area contributed by atoms with Gasteiger partial charge in [0.2, 0.25) is 5.91 Å². The molecule has 0 spiro atoms. The zero-order valence-electron chi connectivity index (χ0n) is 17.4. The predicted molar refractivity (Wildman–Crippen MR) is 114 cm³/mol. The fourth-order valence-corrected chi connectivity index (χ4v) is 5.45. The van der Waals surface area contributed by atoms with Crippen molar-refractivity contribution < 1.29 is 14.4 Å². The molecule has 28 heavy (non-hydrogen) atoms. The lowest BCUT2D eigenvalue weighted by Crippen LogP contribution is -2.50. The molecular weight excluding hydrogens is 371 g/mol. The average Bonchev–Trinajstić information content (AvgIpc) is 3.27. The first-order chi connectivity index (χ1) is 13.3. The lowest BCUT2D eigenvalue weighted by atomic mass is 9.84. The van der Waals surface area contributed by atoms with E-state index in [2.05, 4.69) is 40.5 Å². The summed E-state index contributed by atoms with van der Waals surface area (Å²) in [5, 5.41) is 3.09. The number of fused-ring (bicyclic) bond motifs is 2. The number of ketones is 2. The van der Waals surface area contributed by atoms with Crippen LogP contribution in [0.15, 0.2) is 12.2 Å². The molecule has 2 fully saturated rings. The van der Waals surface area contributed by atoms with E-state index in [-0.39, 0.29) is 47.7 Å². The van der Waals surface area contributed by atoms with E-state index in [1.54, 1.807) is 11.8 Å². The van der Waals surface area contributed by atoms with Crippen LogP contribution in [-0.2, 0) is 14.4 Å². The van der Waals surface area contributed by atoms with Gasteiger partial charge >= 0.3 is 0 Å². The van der Waals surface area contributed by atoms with E-state index in [1.165, 1.54) is 0 Å². The second-order valence-electron chi connectivity index (χ2n) is 9.22. The smallest absolute Gasteiger partial charge is 0.240 e. The van der Waals surface area contributed by atoms with Crippen LogP contribution >= 0.6 is 9.39 Å². The highest BCUT2D eigenvalue weighted by Gasteiger charge is 2.59. The van der Waals surface area contributed by atoms with E-state index in [0.29, 0.717) is 6.54 Å². The molecule has 1 N–H and O–H groups in total. The van der Waals surface area contributed by atoms with Gasteiger partial charge in [0.15, 0.2) is 5.78 Å². The van der Waals surface area contributed by atoms with E-state index >= 15 is 0 Å². The SMILES string of the molecule is CC(=O)[C@]12CC(=O)[C@@H]3C(C)[C@@H](C)CN3C(=O)[C@@H](NP)CCCCC/C=C\[C@@H]1C2. The van der Waals surface area contributed by atoms with Crippen molar-refractivity contribution in [2.75, 3.05) is 6.54 Å². The number of allylic oxidation sites excluding steroid dienone is 2. The lowest BCUT2D eigenvalue weighted by molar-refractivity contribution is -0.141. The fraction of sp³-hybridized carbons (Fsp3) is 0.773. The van der Waals surface area contributed by atoms with Crippen LogP contribution in [0.3, 0.4) is 0 Å². The van der Waals surface area contributed by atoms with Crippen LogP contribution in [0, 0.1) is 23.2 Å². The molecule has 2 aliphatic heterocycles. The Kier molecular flexibility index (Phi) is 6.76. The van der Waals surface area contributed by atoms with E-state index in [0.717, 1.165) is 38.5 Å². The molecule has 3 aliphatic rings. The van der Waals surface area contributed by atoms with Crippen LogP contribution in [0.25, 0.3) is 0 Å². The molecule has 0 aromatic rings. The van der Waals surface area contributed by atoms with Crippen LogP contribution in [-0.4, -0.2) is 41.0 Å². The molecule has 0 aromatic heterocycles. The number of amides is 1. The van der Waals surface area contributed by atoms with Crippen LogP contribution in [0.5, 0.6) is 0 Å². The van der Waals surface area contributed by atoms with Crippen molar-refractivity contribution in [1.82, 2.24) is 9.99 Å². The number of nitrogens with zero attached hydrogens (tertiary/aromatic N) is 1. The molecular formula is C22H35N2O3P. The highest BCUT2D eigenvalue weighted by Crippen LogP contribution is 2.57. The van der Waals surface area contributed by atoms with Crippen LogP contribution in [0.2, 0.25) is 0 Å². The summed E-state index contributed by atoms with van der Waals surface area (Å²) in [5.41, 5.74) is -0.535. The van der Waals surface area contributed by atoms with Crippen molar-refractivity contribution >= 4 is 26.9 Å². The van der Waals surface area contributed by atoms with Gasteiger partial charge in [0.1, 0.15) is 5.78 Å². The Bertz CT molecular complexity index is 664. The maximum atomic E-state index is 13.4. The van der Waals surface area contributed by atoms with Gasteiger partial charge < -0.3 is 4.90 Å². The Labute approximate surface area is 171 Å². The highest BCUT2D eigenvalue weighted by molar-refractivity contribution is 7.13. The number of carbonyl (C=O) groups is 3. The van der Waals surface area contributed by atoms with Crippen LogP contribution in [0.4, 0.5) is 0 Å². The second kappa shape index (κ2) is 8.75. The summed E-state index contributed by atoms with van der Waals surface area (Å²) in [4.78, 5) is 40.9. The predicted octanol–water partition coefficient (Wildman–Crippen LogP) is 3.29. The van der Waals surface area contributed by atoms with Gasteiger partial charge in [0.05, 0.1) is 12.1 Å². The molecule has 5 nitrogen and oxygen atoms in total. The Morgan fingerprint density at radius 2 is 2.00 bits per heavy atom. The normalized spacial score (nSPS) is 40.9. The van der Waals surface area contributed by atoms with Gasteiger partial charge in [0.25, 0.3) is 0 Å². The van der Waals surface area contributed by atoms with Crippen LogP contribution in [0.1, 0.15) is 65.7 Å². The van der Waals surface area contributed by atoms with E-state index in [4.69, 9.17) is 0 Å². The Hall–Kier alpha value is -1.06. The van der Waals surface area contributed by atoms with Crippen molar-refractivity contribution in [3.05, 3.63) is 12.2 Å². The number of hydrogen-bond donors (Lipinski definition) is 1. The minimum Gasteiger partial charge on any atom is -0.331 e. The first-order valence-electron chi connectivity index (χ1n) is 10.8. The quantitative estimate of drug-likeness (QED) is 0.565. The largest absolute Gasteiger partial charge is 0.331 e. The van der Waals surface area contributed by atoms with Gasteiger partial charge in [-0.25, -0.2) is 0 Å². The van der Waals surface area contributed by atoms with Crippen molar-refractivity contribution in [3.8, 4) is 0 Å². The van der Waals surface area contributed by atoms with Crippen molar-refractivity contribution in [1.29, 1.82) is 0 Å². The number of hydrogen-bond acceptors (Lipinski definition) is 4. The summed E-state index contributed by atoms with van der Waals surface area (Å²) < 4.78 is 0. The third kappa shape index (κ3) is 4.11. The molecule has 6 heteroatoms. The molecule has 156 valence electrons. The molecule has 7 atom stereocenters. The van der Waals surface area contributed by atoms with E-state index in [1.807, 2.05) is 0 Å². The molecule has 1 aliphatic carbocycles. The number of carbonyl (C=O) groups excluding carboxylic acids is 3. The van der Waals surface area contributed by atoms with Crippen LogP contribution < -0.4 is 5.09 Å². The maximum absolute atomic E-state index is 13.4. The number of rotatable bonds is 2. The Balaban J connectivity index is 1.89. The standard InChI is InChI=1S/C22H35N2O3P/c1-14-13-24-20(15(14)2)19(26)12-22(16(3)25)11-17(22)9-7-5-4-6-8-10-18(23-28)21(24)27/h7,9,14-15,17-18,20,23H,4-6,8,10-13,28H2,1-3H3/b9-7-/t14-,15?,17+,18-,20-,22-/m0/s1. The molecule has 1 amide bonds. The summed E-state index contributed by atoms with van der Waals surface area (Å²) >= 11 is 0. The van der Waals surface area contributed by atoms with Gasteiger partial charge in [0, 0.05) is 18.4 Å². The third-order valence-electron chi connectivity index (χ3n) is 7.38. The molecule has 0 radical (unpaired) electrons. The first-order valence-corrected chi connectivity index (χ1v) is 11.4. The Morgan fingerprint density at radius 3 is 2.68 bits per heavy atom. The third-order valence-corrected chi connectivity index (χ3v) is 7.79. The average molecular weight is 407 g/mol. The summed E-state index contributed by atoms with van der Waals surface area (Å²) in [6.07, 6.45) is 10.3. The Morgan fingerprint density at radius 1 is 1.25 bits per heavy atom. The summed E-state index contributed by atoms with van der Waals surface area (Å²) in [5.74, 6) is 0.786. The summed E-state index contributed by atoms with van der Waals surface area (Å²) in [6, 6.07) is -0.677. The summed E-state index contributed by atoms with van der Waals surface area (Å²) in [7, 11) is 2.48. The highest BCUT2D eigenvalue weighted by atomic mass is 31.0. The van der Waals surface area contributed by atoms with Gasteiger partial charge in [-0.15, -0.1) is 0 Å². The zero-order valence-corrected chi connectivity index (χ0v) is 18.6. The molecule has 2 unspecified atom stereocenters. The fourth-order valence-electron chi connectivity index (χ4n) is 5.14. The van der Waals surface area contributed by atoms with Gasteiger partial charge in [-0.05, 0) is 50.4 Å². The zero-order chi connectivity index (χ0) is 20.5. The van der Waals surface area contributed by atoms with Gasteiger partial charge in [-0.2, -0.15) is 0 Å². The molecule has 0 aromatic carbocycles. The minimum absolute atomic E-state index is 0.0294. The molecule has 1 saturated carbocycles. The second-order valence-corrected chi connectivity index (χ2v) is 9.56. The van der Waals surface area contributed by atoms with E-state index < -0.39 is 11.5 Å². The lowest BCUT2D eigenvalue weighted by Gasteiger charge is -2.30. The van der Waals surface area contributed by atoms with Crippen molar-refractivity contribution in [3.63, 3.8) is 0 Å². The van der Waals surface area contributed by atoms with Gasteiger partial charge in [-0.1, -0.05) is 48.2 Å². The van der Waals surface area contributed by atoms with Crippen molar-refractivity contribution in [2.45, 2.75) is 77.8 Å². The molecule has 2 heterocycles. The molecule has 0 bridgehead atoms. The van der Waals surface area contributed by atoms with Gasteiger partial charge in [-0.3, -0.25) is 19.5 Å².